The third-order valence-corrected chi connectivity index (χ3v) is 4.95. The molecule has 0 bridgehead atoms. The van der Waals surface area contributed by atoms with Crippen LogP contribution in [0.4, 0.5) is 26.7 Å². The molecule has 1 aliphatic heterocycles. The zero-order valence-corrected chi connectivity index (χ0v) is 17.1. The third-order valence-electron chi connectivity index (χ3n) is 4.95. The van der Waals surface area contributed by atoms with Crippen LogP contribution in [0.25, 0.3) is 22.8 Å². The standard InChI is InChI=1S/C20H14F5N5O4/c1-19(6-15(20(23,24)25)28-17(33-19)29-18(31)32)11-4-9(2-3-12(11)22)14-5-13(30-34-14)16-26-7-10(21)8-27-16/h2-5,7-8,15H,6H2,1H3,(H,28,29)(H,31,32)/t15-,19-/m0/s1. The topological polar surface area (TPSA) is 123 Å². The lowest BCUT2D eigenvalue weighted by atomic mass is 9.86. The molecule has 2 aromatic heterocycles. The van der Waals surface area contributed by atoms with Gasteiger partial charge in [-0.25, -0.2) is 33.9 Å². The average Bonchev–Trinajstić information content (AvgIpc) is 3.23. The molecule has 2 N–H and O–H groups in total. The van der Waals surface area contributed by atoms with Gasteiger partial charge in [-0.1, -0.05) is 5.16 Å². The van der Waals surface area contributed by atoms with E-state index in [1.165, 1.54) is 25.1 Å². The summed E-state index contributed by atoms with van der Waals surface area (Å²) in [5, 5.41) is 14.3. The number of benzene rings is 1. The number of hydrogen-bond donors (Lipinski definition) is 2. The van der Waals surface area contributed by atoms with Crippen LogP contribution >= 0.6 is 0 Å². The number of alkyl halides is 3. The Kier molecular flexibility index (Phi) is 5.67. The lowest BCUT2D eigenvalue weighted by Crippen LogP contribution is -2.48. The van der Waals surface area contributed by atoms with E-state index in [1.807, 2.05) is 0 Å². The Morgan fingerprint density at radius 3 is 2.56 bits per heavy atom. The van der Waals surface area contributed by atoms with E-state index in [0.717, 1.165) is 18.5 Å². The Morgan fingerprint density at radius 2 is 1.91 bits per heavy atom. The van der Waals surface area contributed by atoms with Gasteiger partial charge < -0.3 is 14.4 Å². The monoisotopic (exact) mass is 483 g/mol. The largest absolute Gasteiger partial charge is 0.465 e. The lowest BCUT2D eigenvalue weighted by molar-refractivity contribution is -0.164. The van der Waals surface area contributed by atoms with Crippen molar-refractivity contribution < 1.29 is 41.1 Å². The highest BCUT2D eigenvalue weighted by atomic mass is 19.4. The van der Waals surface area contributed by atoms with E-state index in [-0.39, 0.29) is 28.4 Å². The Bertz CT molecular complexity index is 1260. The Morgan fingerprint density at radius 1 is 1.21 bits per heavy atom. The number of amidine groups is 1. The van der Waals surface area contributed by atoms with E-state index in [2.05, 4.69) is 20.1 Å². The molecule has 34 heavy (non-hydrogen) atoms. The number of rotatable bonds is 3. The normalized spacial score (nSPS) is 20.4. The first-order valence-electron chi connectivity index (χ1n) is 9.53. The van der Waals surface area contributed by atoms with E-state index < -0.39 is 48.0 Å². The Balaban J connectivity index is 1.71. The van der Waals surface area contributed by atoms with Crippen molar-refractivity contribution in [1.82, 2.24) is 20.4 Å². The minimum absolute atomic E-state index is 0.0509. The van der Waals surface area contributed by atoms with Crippen molar-refractivity contribution >= 4 is 12.1 Å². The summed E-state index contributed by atoms with van der Waals surface area (Å²) in [5.41, 5.74) is -1.88. The van der Waals surface area contributed by atoms with E-state index in [9.17, 15) is 26.7 Å². The van der Waals surface area contributed by atoms with Gasteiger partial charge >= 0.3 is 12.3 Å². The molecular formula is C20H14F5N5O4. The molecule has 0 unspecified atom stereocenters. The van der Waals surface area contributed by atoms with Gasteiger partial charge in [-0.2, -0.15) is 13.2 Å². The van der Waals surface area contributed by atoms with Gasteiger partial charge in [0.05, 0.1) is 12.4 Å². The first-order valence-corrected chi connectivity index (χ1v) is 9.53. The smallest absolute Gasteiger partial charge is 0.412 e. The summed E-state index contributed by atoms with van der Waals surface area (Å²) in [6.07, 6.45) is -5.49. The summed E-state index contributed by atoms with van der Waals surface area (Å²) in [4.78, 5) is 21.7. The van der Waals surface area contributed by atoms with Crippen molar-refractivity contribution in [2.24, 2.45) is 4.99 Å². The molecule has 1 aromatic carbocycles. The van der Waals surface area contributed by atoms with Crippen LogP contribution in [-0.2, 0) is 10.3 Å². The number of carbonyl (C=O) groups is 1. The zero-order chi connectivity index (χ0) is 24.7. The Hall–Kier alpha value is -4.10. The number of carboxylic acid groups (broad SMARTS) is 1. The molecule has 0 aliphatic carbocycles. The van der Waals surface area contributed by atoms with Crippen LogP contribution in [0.3, 0.4) is 0 Å². The fourth-order valence-electron chi connectivity index (χ4n) is 3.39. The number of hydrogen-bond acceptors (Lipinski definition) is 7. The summed E-state index contributed by atoms with van der Waals surface area (Å²) >= 11 is 0. The van der Waals surface area contributed by atoms with E-state index in [0.29, 0.717) is 0 Å². The highest BCUT2D eigenvalue weighted by Gasteiger charge is 2.50. The molecule has 3 aromatic rings. The van der Waals surface area contributed by atoms with Gasteiger partial charge in [0.25, 0.3) is 6.02 Å². The molecule has 178 valence electrons. The van der Waals surface area contributed by atoms with E-state index >= 15 is 0 Å². The first-order chi connectivity index (χ1) is 15.9. The highest BCUT2D eigenvalue weighted by Crippen LogP contribution is 2.42. The summed E-state index contributed by atoms with van der Waals surface area (Å²) in [6.45, 7) is 1.18. The van der Waals surface area contributed by atoms with E-state index in [4.69, 9.17) is 14.4 Å². The molecule has 3 heterocycles. The number of amides is 1. The maximum Gasteiger partial charge on any atom is 0.412 e. The number of nitrogens with zero attached hydrogens (tertiary/aromatic N) is 4. The second-order valence-corrected chi connectivity index (χ2v) is 7.45. The molecule has 0 spiro atoms. The number of ether oxygens (including phenoxy) is 1. The average molecular weight is 483 g/mol. The molecule has 0 radical (unpaired) electrons. The number of aromatic nitrogens is 3. The Labute approximate surface area is 187 Å². The van der Waals surface area contributed by atoms with Gasteiger partial charge in [0.2, 0.25) is 0 Å². The molecule has 2 atom stereocenters. The van der Waals surface area contributed by atoms with Crippen molar-refractivity contribution in [2.45, 2.75) is 31.2 Å². The van der Waals surface area contributed by atoms with Crippen molar-refractivity contribution in [2.75, 3.05) is 0 Å². The summed E-state index contributed by atoms with van der Waals surface area (Å²) in [5.74, 6) is -1.41. The fourth-order valence-corrected chi connectivity index (χ4v) is 3.39. The SMILES string of the molecule is C[C@@]1(c2cc(-c3cc(-c4ncc(F)cn4)no3)ccc2F)C[C@@H](C(F)(F)F)N=C(NC(=O)O)O1. The quantitative estimate of drug-likeness (QED) is 0.534. The minimum Gasteiger partial charge on any atom is -0.465 e. The third kappa shape index (κ3) is 4.65. The zero-order valence-electron chi connectivity index (χ0n) is 17.1. The van der Waals surface area contributed by atoms with E-state index in [1.54, 1.807) is 5.32 Å². The predicted octanol–water partition coefficient (Wildman–Crippen LogP) is 4.27. The number of nitrogens with one attached hydrogen (secondary N) is 1. The molecule has 1 aliphatic rings. The van der Waals surface area contributed by atoms with Gasteiger partial charge in [-0.05, 0) is 25.1 Å². The van der Waals surface area contributed by atoms with Crippen LogP contribution in [-0.4, -0.2) is 44.6 Å². The molecule has 0 saturated heterocycles. The first kappa shape index (κ1) is 23.1. The van der Waals surface area contributed by atoms with Gasteiger partial charge in [0.15, 0.2) is 29.1 Å². The summed E-state index contributed by atoms with van der Waals surface area (Å²) in [7, 11) is 0. The maximum atomic E-state index is 14.8. The van der Waals surface area contributed by atoms with Crippen LogP contribution in [0.2, 0.25) is 0 Å². The molecular weight excluding hydrogens is 469 g/mol. The summed E-state index contributed by atoms with van der Waals surface area (Å²) in [6, 6.07) is 1.61. The van der Waals surface area contributed by atoms with Crippen LogP contribution < -0.4 is 5.32 Å². The lowest BCUT2D eigenvalue weighted by Gasteiger charge is -2.38. The van der Waals surface area contributed by atoms with Crippen molar-refractivity contribution in [3.8, 4) is 22.8 Å². The van der Waals surface area contributed by atoms with Crippen molar-refractivity contribution in [1.29, 1.82) is 0 Å². The van der Waals surface area contributed by atoms with Gasteiger partial charge in [0, 0.05) is 23.6 Å². The maximum absolute atomic E-state index is 14.8. The molecule has 1 amide bonds. The molecule has 4 rings (SSSR count). The van der Waals surface area contributed by atoms with Crippen LogP contribution in [0.15, 0.2) is 46.2 Å². The molecule has 0 saturated carbocycles. The second kappa shape index (κ2) is 8.35. The summed E-state index contributed by atoms with van der Waals surface area (Å²) < 4.78 is 78.8. The van der Waals surface area contributed by atoms with Crippen molar-refractivity contribution in [3.05, 3.63) is 53.9 Å². The second-order valence-electron chi connectivity index (χ2n) is 7.45. The fraction of sp³-hybridized carbons (Fsp3) is 0.250. The van der Waals surface area contributed by atoms with Crippen LogP contribution in [0.1, 0.15) is 18.9 Å². The molecule has 9 nitrogen and oxygen atoms in total. The van der Waals surface area contributed by atoms with Crippen LogP contribution in [0, 0.1) is 11.6 Å². The van der Waals surface area contributed by atoms with Gasteiger partial charge in [-0.3, -0.25) is 0 Å². The molecule has 14 heteroatoms. The number of halogens is 5. The van der Waals surface area contributed by atoms with Crippen LogP contribution in [0.5, 0.6) is 0 Å². The minimum atomic E-state index is -4.83. The number of aliphatic imine (C=N–C) groups is 1. The van der Waals surface area contributed by atoms with Crippen molar-refractivity contribution in [3.63, 3.8) is 0 Å². The highest BCUT2D eigenvalue weighted by molar-refractivity contribution is 5.90. The molecule has 0 fully saturated rings. The predicted molar refractivity (Wildman–Crippen MR) is 104 cm³/mol. The van der Waals surface area contributed by atoms with Gasteiger partial charge in [0.1, 0.15) is 11.4 Å². The van der Waals surface area contributed by atoms with Gasteiger partial charge in [-0.15, -0.1) is 0 Å².